The molecule has 262 valence electrons. The molecule has 2 aromatic carbocycles. The summed E-state index contributed by atoms with van der Waals surface area (Å²) in [5.41, 5.74) is 1.52. The Labute approximate surface area is 301 Å². The molecule has 12 heteroatoms. The standard InChI is InChI=1S/C37H44Cl2N4O5S/c38-30-22-32(40-35(45)29-23-49-33-7-2-1-6-28(29)33)31(39)20-25(30)21-34(44)37(42-15-3-4-16-42,48-27-12-8-24(9-13-27)36(46)47)43-17-5-14-41(18-19-43)26-10-11-26/h1-2,6-7,20,22-24,26-27H,3-5,8-19,21H2,(H,40,45)(H,46,47). The van der Waals surface area contributed by atoms with E-state index in [2.05, 4.69) is 20.0 Å². The van der Waals surface area contributed by atoms with Gasteiger partial charge in [-0.1, -0.05) is 41.4 Å². The minimum absolute atomic E-state index is 0.00571. The van der Waals surface area contributed by atoms with Crippen LogP contribution in [0.4, 0.5) is 5.69 Å². The number of likely N-dealkylation sites (tertiary alicyclic amines) is 1. The number of halogens is 2. The number of rotatable bonds is 11. The lowest BCUT2D eigenvalue weighted by Gasteiger charge is -2.49. The Bertz CT molecular complexity index is 1700. The number of aliphatic carboxylic acids is 1. The van der Waals surface area contributed by atoms with Crippen LogP contribution >= 0.6 is 34.5 Å². The molecule has 4 fully saturated rings. The third-order valence-corrected chi connectivity index (χ3v) is 12.4. The lowest BCUT2D eigenvalue weighted by Crippen LogP contribution is -2.68. The van der Waals surface area contributed by atoms with Crippen molar-refractivity contribution in [2.24, 2.45) is 5.92 Å². The van der Waals surface area contributed by atoms with Crippen molar-refractivity contribution in [1.29, 1.82) is 0 Å². The number of carboxylic acids is 1. The molecule has 1 atom stereocenters. The summed E-state index contributed by atoms with van der Waals surface area (Å²) in [4.78, 5) is 47.1. The van der Waals surface area contributed by atoms with Gasteiger partial charge in [0.15, 0.2) is 5.78 Å². The SMILES string of the molecule is O=C(Nc1cc(Cl)c(CC(=O)C(OC2CCC(C(=O)O)CC2)(N2CCCC2)N2CCCN(C3CC3)CC2)cc1Cl)c1csc2ccccc12. The fourth-order valence-electron chi connectivity index (χ4n) is 7.94. The Balaban J connectivity index is 1.16. The Kier molecular flexibility index (Phi) is 10.6. The zero-order chi connectivity index (χ0) is 34.1. The van der Waals surface area contributed by atoms with Gasteiger partial charge in [0.2, 0.25) is 5.85 Å². The molecule has 4 aliphatic rings. The van der Waals surface area contributed by atoms with Crippen LogP contribution < -0.4 is 5.32 Å². The van der Waals surface area contributed by atoms with Gasteiger partial charge in [0.05, 0.1) is 28.3 Å². The van der Waals surface area contributed by atoms with Crippen LogP contribution in [0.2, 0.25) is 10.0 Å². The minimum Gasteiger partial charge on any atom is -0.481 e. The average Bonchev–Trinajstić information content (AvgIpc) is 3.70. The van der Waals surface area contributed by atoms with E-state index in [0.717, 1.165) is 62.1 Å². The van der Waals surface area contributed by atoms with Crippen molar-refractivity contribution in [1.82, 2.24) is 14.7 Å². The van der Waals surface area contributed by atoms with E-state index in [9.17, 15) is 14.7 Å². The van der Waals surface area contributed by atoms with Gasteiger partial charge in [-0.3, -0.25) is 29.1 Å². The predicted octanol–water partition coefficient (Wildman–Crippen LogP) is 7.15. The van der Waals surface area contributed by atoms with Crippen molar-refractivity contribution in [2.75, 3.05) is 44.6 Å². The summed E-state index contributed by atoms with van der Waals surface area (Å²) < 4.78 is 8.14. The number of carboxylic acid groups (broad SMARTS) is 1. The van der Waals surface area contributed by atoms with Gasteiger partial charge >= 0.3 is 5.97 Å². The van der Waals surface area contributed by atoms with Gasteiger partial charge in [-0.25, -0.2) is 0 Å². The molecule has 0 radical (unpaired) electrons. The number of hydrogen-bond donors (Lipinski definition) is 2. The number of hydrogen-bond acceptors (Lipinski definition) is 8. The Morgan fingerprint density at radius 3 is 2.33 bits per heavy atom. The molecule has 2 N–H and O–H groups in total. The van der Waals surface area contributed by atoms with Crippen molar-refractivity contribution < 1.29 is 24.2 Å². The first-order valence-electron chi connectivity index (χ1n) is 17.7. The molecular weight excluding hydrogens is 683 g/mol. The zero-order valence-corrected chi connectivity index (χ0v) is 30.0. The van der Waals surface area contributed by atoms with Gasteiger partial charge in [-0.2, -0.15) is 0 Å². The van der Waals surface area contributed by atoms with E-state index < -0.39 is 11.8 Å². The van der Waals surface area contributed by atoms with E-state index in [1.54, 1.807) is 12.1 Å². The molecule has 1 aromatic heterocycles. The Hall–Kier alpha value is -2.57. The fraction of sp³-hybridized carbons (Fsp3) is 0.541. The first-order chi connectivity index (χ1) is 23.7. The number of Topliss-reactive ketones (excluding diaryl/α,β-unsaturated/α-hetero) is 1. The van der Waals surface area contributed by atoms with Crippen LogP contribution in [-0.4, -0.2) is 94.7 Å². The number of nitrogens with one attached hydrogen (secondary N) is 1. The Morgan fingerprint density at radius 1 is 0.878 bits per heavy atom. The van der Waals surface area contributed by atoms with E-state index in [4.69, 9.17) is 27.9 Å². The molecule has 3 heterocycles. The van der Waals surface area contributed by atoms with E-state index in [1.165, 1.54) is 24.2 Å². The third-order valence-electron chi connectivity index (χ3n) is 10.7. The lowest BCUT2D eigenvalue weighted by molar-refractivity contribution is -0.255. The molecule has 2 aliphatic heterocycles. The van der Waals surface area contributed by atoms with Crippen molar-refractivity contribution >= 4 is 68.0 Å². The summed E-state index contributed by atoms with van der Waals surface area (Å²) in [6.45, 7) is 4.81. The van der Waals surface area contributed by atoms with Crippen molar-refractivity contribution in [3.63, 3.8) is 0 Å². The summed E-state index contributed by atoms with van der Waals surface area (Å²) >= 11 is 15.2. The molecule has 49 heavy (non-hydrogen) atoms. The van der Waals surface area contributed by atoms with E-state index >= 15 is 4.79 Å². The maximum absolute atomic E-state index is 15.0. The molecule has 2 saturated heterocycles. The summed E-state index contributed by atoms with van der Waals surface area (Å²) in [5.74, 6) is -2.79. The van der Waals surface area contributed by atoms with Gasteiger partial charge in [-0.15, -0.1) is 11.3 Å². The van der Waals surface area contributed by atoms with Crippen LogP contribution in [-0.2, 0) is 20.7 Å². The molecule has 2 aliphatic carbocycles. The van der Waals surface area contributed by atoms with Crippen molar-refractivity contribution in [2.45, 2.75) is 82.2 Å². The van der Waals surface area contributed by atoms with Crippen LogP contribution in [0.5, 0.6) is 0 Å². The highest BCUT2D eigenvalue weighted by atomic mass is 35.5. The minimum atomic E-state index is -1.29. The van der Waals surface area contributed by atoms with Crippen molar-refractivity contribution in [3.8, 4) is 0 Å². The normalized spacial score (nSPS) is 24.0. The average molecular weight is 728 g/mol. The van der Waals surface area contributed by atoms with Gasteiger partial charge in [0, 0.05) is 65.7 Å². The summed E-state index contributed by atoms with van der Waals surface area (Å²) in [7, 11) is 0. The lowest BCUT2D eigenvalue weighted by atomic mass is 9.87. The number of thiophene rings is 1. The number of amides is 1. The van der Waals surface area contributed by atoms with Gasteiger partial charge in [0.25, 0.3) is 5.91 Å². The number of anilines is 1. The maximum atomic E-state index is 15.0. The molecule has 1 amide bonds. The van der Waals surface area contributed by atoms with Crippen LogP contribution in [0.25, 0.3) is 10.1 Å². The molecular formula is C37H44Cl2N4O5S. The quantitative estimate of drug-likeness (QED) is 0.215. The highest BCUT2D eigenvalue weighted by Gasteiger charge is 2.53. The molecule has 0 spiro atoms. The number of benzene rings is 2. The second-order valence-corrected chi connectivity index (χ2v) is 15.7. The molecule has 2 saturated carbocycles. The zero-order valence-electron chi connectivity index (χ0n) is 27.7. The third kappa shape index (κ3) is 7.42. The number of ketones is 1. The van der Waals surface area contributed by atoms with E-state index in [1.807, 2.05) is 29.6 Å². The second kappa shape index (κ2) is 15.0. The Morgan fingerprint density at radius 2 is 1.59 bits per heavy atom. The number of fused-ring (bicyclic) bond motifs is 1. The second-order valence-electron chi connectivity index (χ2n) is 14.0. The molecule has 7 rings (SSSR count). The molecule has 1 unspecified atom stereocenters. The summed E-state index contributed by atoms with van der Waals surface area (Å²) in [6, 6.07) is 11.7. The van der Waals surface area contributed by atoms with Crippen LogP contribution in [0, 0.1) is 5.92 Å². The van der Waals surface area contributed by atoms with Gasteiger partial charge < -0.3 is 15.2 Å². The number of nitrogens with zero attached hydrogens (tertiary/aromatic N) is 3. The largest absolute Gasteiger partial charge is 0.481 e. The monoisotopic (exact) mass is 726 g/mol. The van der Waals surface area contributed by atoms with E-state index in [-0.39, 0.29) is 30.1 Å². The van der Waals surface area contributed by atoms with Crippen LogP contribution in [0.15, 0.2) is 41.8 Å². The number of carbonyl (C=O) groups is 3. The highest BCUT2D eigenvalue weighted by molar-refractivity contribution is 7.17. The molecule has 9 nitrogen and oxygen atoms in total. The smallest absolute Gasteiger partial charge is 0.306 e. The van der Waals surface area contributed by atoms with E-state index in [0.29, 0.717) is 65.1 Å². The predicted molar refractivity (Wildman–Crippen MR) is 194 cm³/mol. The van der Waals surface area contributed by atoms with Crippen LogP contribution in [0.1, 0.15) is 73.7 Å². The first-order valence-corrected chi connectivity index (χ1v) is 19.3. The molecule has 3 aromatic rings. The number of carbonyl (C=O) groups excluding carboxylic acids is 2. The van der Waals surface area contributed by atoms with Crippen LogP contribution in [0.3, 0.4) is 0 Å². The maximum Gasteiger partial charge on any atom is 0.306 e. The molecule has 0 bridgehead atoms. The van der Waals surface area contributed by atoms with Gasteiger partial charge in [-0.05, 0) is 88.1 Å². The summed E-state index contributed by atoms with van der Waals surface area (Å²) in [5, 5.41) is 15.9. The highest BCUT2D eigenvalue weighted by Crippen LogP contribution is 2.39. The van der Waals surface area contributed by atoms with Crippen molar-refractivity contribution in [3.05, 3.63) is 63.0 Å². The number of ether oxygens (including phenoxy) is 1. The summed E-state index contributed by atoms with van der Waals surface area (Å²) in [6.07, 6.45) is 7.42. The fourth-order valence-corrected chi connectivity index (χ4v) is 9.35. The first kappa shape index (κ1) is 34.9. The van der Waals surface area contributed by atoms with Gasteiger partial charge in [0.1, 0.15) is 0 Å². The topological polar surface area (TPSA) is 102 Å².